The number of aliphatic hydroxyl groups excluding tert-OH is 19. The van der Waals surface area contributed by atoms with Crippen LogP contribution in [0.5, 0.6) is 0 Å². The Kier molecular flexibility index (Phi) is 48.0. The predicted octanol–water partition coefficient (Wildman–Crippen LogP) is -4.65. The molecule has 0 aromatic carbocycles. The van der Waals surface area contributed by atoms with Crippen molar-refractivity contribution in [1.82, 2.24) is 21.3 Å². The van der Waals surface area contributed by atoms with E-state index in [0.29, 0.717) is 12.8 Å². The Labute approximate surface area is 727 Å². The van der Waals surface area contributed by atoms with E-state index < -0.39 is 302 Å². The summed E-state index contributed by atoms with van der Waals surface area (Å²) in [6.45, 7) is -0.859. The van der Waals surface area contributed by atoms with Crippen LogP contribution in [0, 0.1) is 0 Å². The van der Waals surface area contributed by atoms with Crippen molar-refractivity contribution in [2.24, 2.45) is 0 Å². The van der Waals surface area contributed by atoms with Gasteiger partial charge in [0.05, 0.1) is 82.7 Å². The lowest BCUT2D eigenvalue weighted by Crippen LogP contribution is -2.72. The molecule has 0 aromatic rings. The van der Waals surface area contributed by atoms with Gasteiger partial charge in [0.1, 0.15) is 134 Å². The van der Waals surface area contributed by atoms with Gasteiger partial charge in [-0.1, -0.05) is 167 Å². The molecule has 25 N–H and O–H groups in total. The van der Waals surface area contributed by atoms with Gasteiger partial charge in [0.15, 0.2) is 25.2 Å². The zero-order valence-electron chi connectivity index (χ0n) is 72.1. The smallest absolute Gasteiger partial charge is 0.364 e. The van der Waals surface area contributed by atoms with E-state index in [0.717, 1.165) is 85.0 Å². The second-order valence-corrected chi connectivity index (χ2v) is 33.5. The van der Waals surface area contributed by atoms with E-state index in [-0.39, 0.29) is 6.42 Å². The Bertz CT molecular complexity index is 3160. The Morgan fingerprint density at radius 1 is 0.416 bits per heavy atom. The Morgan fingerprint density at radius 2 is 0.784 bits per heavy atom. The minimum atomic E-state index is -3.50. The van der Waals surface area contributed by atoms with Crippen LogP contribution in [-0.4, -0.2) is 396 Å². The van der Waals surface area contributed by atoms with Gasteiger partial charge in [-0.25, -0.2) is 9.59 Å². The minimum Gasteiger partial charge on any atom is -0.477 e. The molecule has 0 saturated carbocycles. The Balaban J connectivity index is 1.31. The molecule has 726 valence electrons. The van der Waals surface area contributed by atoms with Crippen LogP contribution >= 0.6 is 0 Å². The van der Waals surface area contributed by atoms with Crippen LogP contribution in [0.15, 0.2) is 12.2 Å². The zero-order chi connectivity index (χ0) is 92.4. The van der Waals surface area contributed by atoms with Crippen molar-refractivity contribution >= 4 is 35.6 Å². The van der Waals surface area contributed by atoms with Crippen molar-refractivity contribution in [1.29, 1.82) is 0 Å². The van der Waals surface area contributed by atoms with Crippen molar-refractivity contribution in [3.05, 3.63) is 12.2 Å². The molecule has 43 nitrogen and oxygen atoms in total. The fraction of sp³-hybridized carbons (Fsp3) is 0.902. The van der Waals surface area contributed by atoms with Crippen LogP contribution in [0.4, 0.5) is 0 Å². The summed E-state index contributed by atoms with van der Waals surface area (Å²) >= 11 is 0. The molecule has 4 amide bonds. The molecule has 6 heterocycles. The fourth-order valence-electron chi connectivity index (χ4n) is 16.6. The number of aliphatic hydroxyl groups is 19. The summed E-state index contributed by atoms with van der Waals surface area (Å²) in [5, 5.41) is 247. The number of aliphatic carboxylic acids is 2. The number of hydrogen-bond donors (Lipinski definition) is 25. The highest BCUT2D eigenvalue weighted by atomic mass is 16.8. The quantitative estimate of drug-likeness (QED) is 0.0201. The predicted molar refractivity (Wildman–Crippen MR) is 431 cm³/mol. The van der Waals surface area contributed by atoms with Gasteiger partial charge in [0.2, 0.25) is 23.6 Å². The molecule has 125 heavy (non-hydrogen) atoms. The van der Waals surface area contributed by atoms with Crippen LogP contribution in [0.3, 0.4) is 0 Å². The first-order chi connectivity index (χ1) is 59.6. The molecule has 0 radical (unpaired) electrons. The van der Waals surface area contributed by atoms with Crippen LogP contribution in [0.25, 0.3) is 0 Å². The molecular weight excluding hydrogens is 1660 g/mol. The van der Waals surface area contributed by atoms with Crippen LogP contribution < -0.4 is 21.3 Å². The zero-order valence-corrected chi connectivity index (χ0v) is 72.1. The van der Waals surface area contributed by atoms with Gasteiger partial charge in [-0.15, -0.1) is 0 Å². The van der Waals surface area contributed by atoms with Gasteiger partial charge in [0, 0.05) is 40.0 Å². The molecular formula is C82H144N4O39. The maximum Gasteiger partial charge on any atom is 0.364 e. The lowest BCUT2D eigenvalue weighted by atomic mass is 9.88. The average molecular weight is 1810 g/mol. The summed E-state index contributed by atoms with van der Waals surface area (Å²) in [7, 11) is 0. The summed E-state index contributed by atoms with van der Waals surface area (Å²) in [5.41, 5.74) is 0. The van der Waals surface area contributed by atoms with Gasteiger partial charge in [-0.3, -0.25) is 19.2 Å². The van der Waals surface area contributed by atoms with Gasteiger partial charge < -0.3 is 185 Å². The lowest BCUT2D eigenvalue weighted by molar-refractivity contribution is -0.405. The van der Waals surface area contributed by atoms with Gasteiger partial charge >= 0.3 is 11.9 Å². The summed E-state index contributed by atoms with van der Waals surface area (Å²) in [5.74, 6) is -14.5. The third kappa shape index (κ3) is 31.5. The van der Waals surface area contributed by atoms with E-state index in [2.05, 4.69) is 35.1 Å². The molecule has 6 aliphatic rings. The molecule has 6 aliphatic heterocycles. The van der Waals surface area contributed by atoms with Crippen LogP contribution in [0.2, 0.25) is 0 Å². The third-order valence-electron chi connectivity index (χ3n) is 23.6. The lowest BCUT2D eigenvalue weighted by Gasteiger charge is -2.53. The normalized spacial score (nSPS) is 35.5. The molecule has 0 aliphatic carbocycles. The summed E-state index contributed by atoms with van der Waals surface area (Å²) in [6, 6.07) is -6.94. The molecule has 0 aromatic heterocycles. The number of hydrogen-bond acceptors (Lipinski definition) is 37. The SMILES string of the molecule is CCCCCCCCCCCCC/C=C/[C@@H](O)[C@H](CO[C@@H]1O[C@H](CO)[C@@H](O[C@@H]2O[C@H](CO)[C@H](O[C@@H]3O[C@H](CO)[C@H](O)[C@H](O[C@@H]4O[C@H](CO)[C@H](O)[C@H](O[C@]5(C(=O)O)C[C@H](O)[C@@H](NC(C)=O)[C@H]([C@H](O)[C@H](O)CO)O5)[C@H]4O)[C@H]3NC(C)=O)[C@H](O[C@]3(C(=O)O)C[C@H](O)[C@@H](NC(C)=O)[C@H]([C@H](O)[C@H](O)CO)O3)[C@H]2O)[C@H](O)[C@H]1O)NC(=O)CCCCCCCCCCCCCCC. The van der Waals surface area contributed by atoms with E-state index in [1.165, 1.54) is 89.5 Å². The first kappa shape index (κ1) is 109. The van der Waals surface area contributed by atoms with E-state index in [9.17, 15) is 136 Å². The number of unbranched alkanes of at least 4 members (excludes halogenated alkanes) is 23. The number of carboxylic acid groups (broad SMARTS) is 2. The molecule has 43 heteroatoms. The first-order valence-corrected chi connectivity index (χ1v) is 44.2. The molecule has 6 saturated heterocycles. The molecule has 0 unspecified atom stereocenters. The summed E-state index contributed by atoms with van der Waals surface area (Å²) in [6.07, 6.45) is -34.9. The number of ether oxygens (including phenoxy) is 12. The van der Waals surface area contributed by atoms with Crippen molar-refractivity contribution < 1.29 is 193 Å². The summed E-state index contributed by atoms with van der Waals surface area (Å²) in [4.78, 5) is 79.5. The van der Waals surface area contributed by atoms with Crippen LogP contribution in [0.1, 0.15) is 214 Å². The van der Waals surface area contributed by atoms with E-state index >= 15 is 0 Å². The summed E-state index contributed by atoms with van der Waals surface area (Å²) < 4.78 is 72.3. The average Bonchev–Trinajstić information content (AvgIpc) is 0.749. The van der Waals surface area contributed by atoms with Gasteiger partial charge in [-0.05, 0) is 19.3 Å². The molecule has 6 rings (SSSR count). The number of carbonyl (C=O) groups is 6. The van der Waals surface area contributed by atoms with Crippen molar-refractivity contribution in [3.63, 3.8) is 0 Å². The van der Waals surface area contributed by atoms with Gasteiger partial charge in [0.25, 0.3) is 11.6 Å². The molecule has 6 fully saturated rings. The molecule has 0 spiro atoms. The van der Waals surface area contributed by atoms with E-state index in [4.69, 9.17) is 56.8 Å². The number of carbonyl (C=O) groups excluding carboxylic acids is 4. The Hall–Kier alpha value is -4.68. The second-order valence-electron chi connectivity index (χ2n) is 33.5. The molecule has 0 bridgehead atoms. The van der Waals surface area contributed by atoms with Crippen molar-refractivity contribution in [3.8, 4) is 0 Å². The largest absolute Gasteiger partial charge is 0.477 e. The number of amides is 4. The first-order valence-electron chi connectivity index (χ1n) is 44.2. The monoisotopic (exact) mass is 1810 g/mol. The number of nitrogens with one attached hydrogen (secondary N) is 4. The number of rotatable bonds is 57. The highest BCUT2D eigenvalue weighted by Gasteiger charge is 2.64. The Morgan fingerprint density at radius 3 is 1.22 bits per heavy atom. The maximum absolute atomic E-state index is 14.0. The van der Waals surface area contributed by atoms with Crippen LogP contribution in [-0.2, 0) is 85.6 Å². The maximum atomic E-state index is 14.0. The standard InChI is InChI=1S/C82H144N4O39/c1-6-8-10-12-14-16-18-20-22-24-26-28-30-32-47(96)46(86-56(101)33-31-29-27-25-23-21-19-17-15-13-11-9-7-2)42-114-76-65(107)64(106)68(54(40-91)117-76)119-78-67(109)74(125-82(80(112)113)35-49(98)58(84-44(4)94)72(123-82)61(103)51(100)37-88)69(55(41-92)118-78)120-75-59(85-45(5)95)70(62(104)52(38-89)115-75)121-77-66(108)73(63(105)53(39-90)116-77)124-81(79(110)111)34-48(97)57(83-43(3)93)71(122-81)60(102)50(99)36-87/h30,32,46-55,57-78,87-92,96-100,102-109H,6-29,31,33-42H2,1-5H3,(H,83,93)(H,84,94)(H,85,95)(H,86,101)(H,110,111)(H,112,113)/b32-30+/t46-,47+,48-,49-,50+,51+,52+,53+,54+,55+,57+,58+,59+,60+,61+,62-,63-,64+,65+,66+,67+,68+,69-,70+,71+,72+,73-,74+,75-,76+,77-,78-,81-,82-/m0/s1. The minimum absolute atomic E-state index is 0.0947. The number of carboxylic acids is 2. The molecule has 34 atom stereocenters. The second kappa shape index (κ2) is 55.0. The van der Waals surface area contributed by atoms with E-state index in [1.54, 1.807) is 6.08 Å². The highest BCUT2D eigenvalue weighted by molar-refractivity contribution is 5.78. The van der Waals surface area contributed by atoms with E-state index in [1.807, 2.05) is 0 Å². The topological polar surface area (TPSA) is 686 Å². The van der Waals surface area contributed by atoms with Crippen molar-refractivity contribution in [2.45, 2.75) is 422 Å². The van der Waals surface area contributed by atoms with Gasteiger partial charge in [-0.2, -0.15) is 0 Å². The number of allylic oxidation sites excluding steroid dienone is 1. The van der Waals surface area contributed by atoms with Crippen molar-refractivity contribution in [2.75, 3.05) is 46.2 Å². The third-order valence-corrected chi connectivity index (χ3v) is 23.6. The fourth-order valence-corrected chi connectivity index (χ4v) is 16.6. The highest BCUT2D eigenvalue weighted by Crippen LogP contribution is 2.43.